The SMILES string of the molecule is CCOc1cc(F)ccc1NCc1ccc(C)o1. The Balaban J connectivity index is 2.08. The Morgan fingerprint density at radius 1 is 1.28 bits per heavy atom. The highest BCUT2D eigenvalue weighted by molar-refractivity contribution is 5.56. The topological polar surface area (TPSA) is 34.4 Å². The summed E-state index contributed by atoms with van der Waals surface area (Å²) >= 11 is 0. The number of nitrogens with one attached hydrogen (secondary N) is 1. The number of ether oxygens (including phenoxy) is 1. The first kappa shape index (κ1) is 12.5. The van der Waals surface area contributed by atoms with Gasteiger partial charge in [0.25, 0.3) is 0 Å². The molecule has 0 unspecified atom stereocenters. The number of halogens is 1. The molecule has 0 radical (unpaired) electrons. The van der Waals surface area contributed by atoms with Gasteiger partial charge in [0.05, 0.1) is 18.8 Å². The highest BCUT2D eigenvalue weighted by Crippen LogP contribution is 2.26. The van der Waals surface area contributed by atoms with E-state index in [1.807, 2.05) is 26.0 Å². The van der Waals surface area contributed by atoms with Gasteiger partial charge in [-0.3, -0.25) is 0 Å². The minimum Gasteiger partial charge on any atom is -0.492 e. The van der Waals surface area contributed by atoms with Crippen LogP contribution in [0.3, 0.4) is 0 Å². The van der Waals surface area contributed by atoms with Crippen LogP contribution in [-0.4, -0.2) is 6.61 Å². The first-order valence-electron chi connectivity index (χ1n) is 5.90. The van der Waals surface area contributed by atoms with E-state index in [-0.39, 0.29) is 5.82 Å². The molecule has 4 heteroatoms. The molecule has 2 rings (SSSR count). The molecule has 0 aliphatic rings. The van der Waals surface area contributed by atoms with E-state index < -0.39 is 0 Å². The number of hydrogen-bond acceptors (Lipinski definition) is 3. The van der Waals surface area contributed by atoms with Gasteiger partial charge in [0, 0.05) is 6.07 Å². The lowest BCUT2D eigenvalue weighted by Gasteiger charge is -2.11. The average molecular weight is 249 g/mol. The second kappa shape index (κ2) is 5.58. The van der Waals surface area contributed by atoms with Crippen molar-refractivity contribution in [2.24, 2.45) is 0 Å². The maximum absolute atomic E-state index is 13.1. The average Bonchev–Trinajstić information content (AvgIpc) is 2.75. The minimum absolute atomic E-state index is 0.308. The zero-order valence-corrected chi connectivity index (χ0v) is 10.5. The molecule has 0 aliphatic heterocycles. The highest BCUT2D eigenvalue weighted by atomic mass is 19.1. The first-order chi connectivity index (χ1) is 8.69. The Morgan fingerprint density at radius 3 is 2.78 bits per heavy atom. The lowest BCUT2D eigenvalue weighted by atomic mass is 10.2. The summed E-state index contributed by atoms with van der Waals surface area (Å²) in [6, 6.07) is 8.25. The van der Waals surface area contributed by atoms with Gasteiger partial charge in [-0.25, -0.2) is 4.39 Å². The van der Waals surface area contributed by atoms with Gasteiger partial charge in [0.1, 0.15) is 23.1 Å². The van der Waals surface area contributed by atoms with Crippen LogP contribution in [0.15, 0.2) is 34.7 Å². The molecule has 0 amide bonds. The van der Waals surface area contributed by atoms with E-state index in [4.69, 9.17) is 9.15 Å². The zero-order valence-electron chi connectivity index (χ0n) is 10.5. The van der Waals surface area contributed by atoms with E-state index >= 15 is 0 Å². The molecule has 3 nitrogen and oxygen atoms in total. The van der Waals surface area contributed by atoms with Crippen molar-refractivity contribution in [3.05, 3.63) is 47.7 Å². The predicted octanol–water partition coefficient (Wildman–Crippen LogP) is 3.74. The Hall–Kier alpha value is -1.97. The molecule has 0 bridgehead atoms. The van der Waals surface area contributed by atoms with E-state index in [0.29, 0.717) is 18.9 Å². The van der Waals surface area contributed by atoms with Gasteiger partial charge < -0.3 is 14.5 Å². The van der Waals surface area contributed by atoms with E-state index in [9.17, 15) is 4.39 Å². The maximum Gasteiger partial charge on any atom is 0.145 e. The zero-order chi connectivity index (χ0) is 13.0. The molecule has 0 fully saturated rings. The van der Waals surface area contributed by atoms with Crippen LogP contribution in [0.2, 0.25) is 0 Å². The third-order valence-corrected chi connectivity index (χ3v) is 2.49. The third-order valence-electron chi connectivity index (χ3n) is 2.49. The molecule has 0 saturated carbocycles. The Kier molecular flexibility index (Phi) is 3.87. The summed E-state index contributed by atoms with van der Waals surface area (Å²) in [6.45, 7) is 4.80. The molecule has 96 valence electrons. The third kappa shape index (κ3) is 3.03. The summed E-state index contributed by atoms with van der Waals surface area (Å²) in [5.74, 6) is 1.91. The van der Waals surface area contributed by atoms with Crippen LogP contribution < -0.4 is 10.1 Å². The van der Waals surface area contributed by atoms with Gasteiger partial charge in [0.2, 0.25) is 0 Å². The second-order valence-corrected chi connectivity index (χ2v) is 3.94. The monoisotopic (exact) mass is 249 g/mol. The summed E-state index contributed by atoms with van der Waals surface area (Å²) in [4.78, 5) is 0. The summed E-state index contributed by atoms with van der Waals surface area (Å²) in [7, 11) is 0. The second-order valence-electron chi connectivity index (χ2n) is 3.94. The van der Waals surface area contributed by atoms with Crippen LogP contribution in [0, 0.1) is 12.7 Å². The van der Waals surface area contributed by atoms with Crippen molar-refractivity contribution in [3.8, 4) is 5.75 Å². The number of furan rings is 1. The molecular weight excluding hydrogens is 233 g/mol. The number of rotatable bonds is 5. The van der Waals surface area contributed by atoms with Crippen LogP contribution in [0.25, 0.3) is 0 Å². The summed E-state index contributed by atoms with van der Waals surface area (Å²) in [5, 5.41) is 3.17. The first-order valence-corrected chi connectivity index (χ1v) is 5.90. The van der Waals surface area contributed by atoms with E-state index in [1.54, 1.807) is 6.07 Å². The molecule has 1 aromatic heterocycles. The Labute approximate surface area is 106 Å². The van der Waals surface area contributed by atoms with Gasteiger partial charge in [-0.1, -0.05) is 0 Å². The van der Waals surface area contributed by atoms with Crippen molar-refractivity contribution in [1.29, 1.82) is 0 Å². The van der Waals surface area contributed by atoms with E-state index in [0.717, 1.165) is 17.2 Å². The fourth-order valence-corrected chi connectivity index (χ4v) is 1.68. The maximum atomic E-state index is 13.1. The van der Waals surface area contributed by atoms with Crippen molar-refractivity contribution in [1.82, 2.24) is 0 Å². The van der Waals surface area contributed by atoms with Crippen molar-refractivity contribution in [3.63, 3.8) is 0 Å². The van der Waals surface area contributed by atoms with Gasteiger partial charge in [0.15, 0.2) is 0 Å². The van der Waals surface area contributed by atoms with Crippen LogP contribution in [0.5, 0.6) is 5.75 Å². The molecule has 1 aromatic carbocycles. The Morgan fingerprint density at radius 2 is 2.11 bits per heavy atom. The van der Waals surface area contributed by atoms with Crippen LogP contribution in [0.4, 0.5) is 10.1 Å². The number of aryl methyl sites for hydroxylation is 1. The van der Waals surface area contributed by atoms with Gasteiger partial charge >= 0.3 is 0 Å². The standard InChI is InChI=1S/C14H16FNO2/c1-3-17-14-8-11(15)5-7-13(14)16-9-12-6-4-10(2)18-12/h4-8,16H,3,9H2,1-2H3. The number of benzene rings is 1. The van der Waals surface area contributed by atoms with Crippen LogP contribution >= 0.6 is 0 Å². The normalized spacial score (nSPS) is 10.4. The Bertz CT molecular complexity index is 522. The molecule has 0 atom stereocenters. The molecule has 1 N–H and O–H groups in total. The van der Waals surface area contributed by atoms with Gasteiger partial charge in [-0.15, -0.1) is 0 Å². The summed E-state index contributed by atoms with van der Waals surface area (Å²) in [5.41, 5.74) is 0.757. The number of anilines is 1. The lowest BCUT2D eigenvalue weighted by molar-refractivity contribution is 0.339. The van der Waals surface area contributed by atoms with E-state index in [2.05, 4.69) is 5.32 Å². The summed E-state index contributed by atoms with van der Waals surface area (Å²) < 4.78 is 23.9. The molecule has 0 spiro atoms. The number of hydrogen-bond donors (Lipinski definition) is 1. The molecule has 0 saturated heterocycles. The van der Waals surface area contributed by atoms with Crippen LogP contribution in [-0.2, 0) is 6.54 Å². The van der Waals surface area contributed by atoms with Crippen molar-refractivity contribution in [2.75, 3.05) is 11.9 Å². The molecule has 18 heavy (non-hydrogen) atoms. The van der Waals surface area contributed by atoms with Gasteiger partial charge in [-0.05, 0) is 38.1 Å². The van der Waals surface area contributed by atoms with Gasteiger partial charge in [-0.2, -0.15) is 0 Å². The molecule has 2 aromatic rings. The molecule has 0 aliphatic carbocycles. The quantitative estimate of drug-likeness (QED) is 0.876. The molecular formula is C14H16FNO2. The fourth-order valence-electron chi connectivity index (χ4n) is 1.68. The van der Waals surface area contributed by atoms with Crippen LogP contribution in [0.1, 0.15) is 18.4 Å². The highest BCUT2D eigenvalue weighted by Gasteiger charge is 2.06. The smallest absolute Gasteiger partial charge is 0.145 e. The van der Waals surface area contributed by atoms with E-state index in [1.165, 1.54) is 12.1 Å². The minimum atomic E-state index is -0.308. The fraction of sp³-hybridized carbons (Fsp3) is 0.286. The van der Waals surface area contributed by atoms with Crippen molar-refractivity contribution < 1.29 is 13.5 Å². The lowest BCUT2D eigenvalue weighted by Crippen LogP contribution is -2.02. The van der Waals surface area contributed by atoms with Crippen molar-refractivity contribution in [2.45, 2.75) is 20.4 Å². The molecule has 1 heterocycles. The largest absolute Gasteiger partial charge is 0.492 e. The summed E-state index contributed by atoms with van der Waals surface area (Å²) in [6.07, 6.45) is 0. The van der Waals surface area contributed by atoms with Crippen molar-refractivity contribution >= 4 is 5.69 Å². The predicted molar refractivity (Wildman–Crippen MR) is 68.3 cm³/mol.